The van der Waals surface area contributed by atoms with E-state index in [1.54, 1.807) is 13.2 Å². The molecule has 2 aromatic rings. The zero-order chi connectivity index (χ0) is 17.2. The second kappa shape index (κ2) is 11.7. The molecule has 0 aliphatic heterocycles. The zero-order valence-electron chi connectivity index (χ0n) is 15.0. The van der Waals surface area contributed by atoms with Crippen molar-refractivity contribution in [2.24, 2.45) is 10.9 Å². The van der Waals surface area contributed by atoms with Crippen LogP contribution in [0, 0.1) is 5.92 Å². The normalized spacial score (nSPS) is 11.0. The van der Waals surface area contributed by atoms with Crippen molar-refractivity contribution >= 4 is 29.9 Å². The highest BCUT2D eigenvalue weighted by molar-refractivity contribution is 14.0. The van der Waals surface area contributed by atoms with Crippen LogP contribution in [0.1, 0.15) is 25.0 Å². The maximum Gasteiger partial charge on any atom is 0.218 e. The van der Waals surface area contributed by atoms with E-state index in [1.165, 1.54) is 0 Å². The minimum Gasteiger partial charge on any atom is -0.473 e. The summed E-state index contributed by atoms with van der Waals surface area (Å²) in [6.45, 7) is 6.32. The van der Waals surface area contributed by atoms with Gasteiger partial charge in [-0.25, -0.2) is 4.98 Å². The average Bonchev–Trinajstić information content (AvgIpc) is 2.61. The van der Waals surface area contributed by atoms with Crippen LogP contribution in [-0.2, 0) is 13.2 Å². The van der Waals surface area contributed by atoms with Crippen LogP contribution in [0.4, 0.5) is 0 Å². The molecule has 0 atom stereocenters. The monoisotopic (exact) mass is 454 g/mol. The van der Waals surface area contributed by atoms with Crippen LogP contribution >= 0.6 is 24.0 Å². The number of aliphatic imine (C=N–C) groups is 1. The predicted octanol–water partition coefficient (Wildman–Crippen LogP) is 3.60. The number of benzene rings is 1. The fraction of sp³-hybridized carbons (Fsp3) is 0.368. The highest BCUT2D eigenvalue weighted by Gasteiger charge is 2.06. The van der Waals surface area contributed by atoms with E-state index < -0.39 is 0 Å². The van der Waals surface area contributed by atoms with Gasteiger partial charge in [0.2, 0.25) is 5.88 Å². The van der Waals surface area contributed by atoms with Gasteiger partial charge in [-0.1, -0.05) is 50.2 Å². The Morgan fingerprint density at radius 2 is 1.88 bits per heavy atom. The zero-order valence-corrected chi connectivity index (χ0v) is 17.4. The summed E-state index contributed by atoms with van der Waals surface area (Å²) in [6.07, 6.45) is 1.75. The summed E-state index contributed by atoms with van der Waals surface area (Å²) in [5.74, 6) is 1.99. The Kier molecular flexibility index (Phi) is 9.91. The van der Waals surface area contributed by atoms with Crippen molar-refractivity contribution in [3.63, 3.8) is 0 Å². The topological polar surface area (TPSA) is 58.5 Å². The summed E-state index contributed by atoms with van der Waals surface area (Å²) >= 11 is 0. The van der Waals surface area contributed by atoms with Crippen LogP contribution in [0.3, 0.4) is 0 Å². The summed E-state index contributed by atoms with van der Waals surface area (Å²) in [7, 11) is 1.77. The van der Waals surface area contributed by atoms with Gasteiger partial charge in [0.05, 0.1) is 0 Å². The SMILES string of the molecule is CN=C(NCc1cccnc1OCc1ccccc1)NCC(C)C.I. The molecular formula is C19H27IN4O. The first-order chi connectivity index (χ1) is 11.7. The van der Waals surface area contributed by atoms with E-state index in [1.807, 2.05) is 42.5 Å². The maximum atomic E-state index is 5.88. The van der Waals surface area contributed by atoms with Gasteiger partial charge in [0, 0.05) is 31.9 Å². The fourth-order valence-electron chi connectivity index (χ4n) is 2.11. The highest BCUT2D eigenvalue weighted by Crippen LogP contribution is 2.15. The second-order valence-electron chi connectivity index (χ2n) is 5.94. The van der Waals surface area contributed by atoms with Crippen LogP contribution in [0.5, 0.6) is 5.88 Å². The first kappa shape index (κ1) is 21.2. The van der Waals surface area contributed by atoms with Crippen molar-refractivity contribution in [3.05, 3.63) is 59.8 Å². The third-order valence-electron chi connectivity index (χ3n) is 3.42. The summed E-state index contributed by atoms with van der Waals surface area (Å²) < 4.78 is 5.88. The van der Waals surface area contributed by atoms with E-state index in [-0.39, 0.29) is 24.0 Å². The van der Waals surface area contributed by atoms with E-state index in [2.05, 4.69) is 34.5 Å². The molecule has 0 unspecified atom stereocenters. The molecule has 5 nitrogen and oxygen atoms in total. The largest absolute Gasteiger partial charge is 0.473 e. The molecule has 0 amide bonds. The molecule has 0 radical (unpaired) electrons. The minimum absolute atomic E-state index is 0. The predicted molar refractivity (Wildman–Crippen MR) is 113 cm³/mol. The van der Waals surface area contributed by atoms with Crippen LogP contribution in [-0.4, -0.2) is 24.5 Å². The minimum atomic E-state index is 0. The molecule has 0 aliphatic carbocycles. The maximum absolute atomic E-state index is 5.88. The molecule has 6 heteroatoms. The van der Waals surface area contributed by atoms with E-state index >= 15 is 0 Å². The molecule has 136 valence electrons. The van der Waals surface area contributed by atoms with Crippen molar-refractivity contribution in [2.75, 3.05) is 13.6 Å². The lowest BCUT2D eigenvalue weighted by atomic mass is 10.2. The highest BCUT2D eigenvalue weighted by atomic mass is 127. The quantitative estimate of drug-likeness (QED) is 0.382. The number of ether oxygens (including phenoxy) is 1. The number of hydrogen-bond donors (Lipinski definition) is 2. The Hall–Kier alpha value is -1.83. The van der Waals surface area contributed by atoms with E-state index in [0.717, 1.165) is 23.6 Å². The van der Waals surface area contributed by atoms with Gasteiger partial charge in [-0.2, -0.15) is 0 Å². The van der Waals surface area contributed by atoms with E-state index in [9.17, 15) is 0 Å². The van der Waals surface area contributed by atoms with Crippen molar-refractivity contribution in [2.45, 2.75) is 27.0 Å². The van der Waals surface area contributed by atoms with Crippen LogP contribution < -0.4 is 15.4 Å². The molecule has 2 N–H and O–H groups in total. The molecule has 0 saturated carbocycles. The number of hydrogen-bond acceptors (Lipinski definition) is 3. The lowest BCUT2D eigenvalue weighted by molar-refractivity contribution is 0.290. The fourth-order valence-corrected chi connectivity index (χ4v) is 2.11. The Labute approximate surface area is 167 Å². The third-order valence-corrected chi connectivity index (χ3v) is 3.42. The smallest absolute Gasteiger partial charge is 0.218 e. The van der Waals surface area contributed by atoms with Crippen LogP contribution in [0.15, 0.2) is 53.7 Å². The molecule has 0 aliphatic rings. The van der Waals surface area contributed by atoms with Gasteiger partial charge in [-0.15, -0.1) is 24.0 Å². The van der Waals surface area contributed by atoms with Crippen molar-refractivity contribution < 1.29 is 4.74 Å². The number of nitrogens with zero attached hydrogens (tertiary/aromatic N) is 2. The average molecular weight is 454 g/mol. The molecule has 25 heavy (non-hydrogen) atoms. The summed E-state index contributed by atoms with van der Waals surface area (Å²) in [5, 5.41) is 6.59. The first-order valence-corrected chi connectivity index (χ1v) is 8.24. The van der Waals surface area contributed by atoms with E-state index in [0.29, 0.717) is 24.9 Å². The molecule has 2 rings (SSSR count). The Morgan fingerprint density at radius 1 is 1.12 bits per heavy atom. The Morgan fingerprint density at radius 3 is 2.56 bits per heavy atom. The molecule has 1 aromatic carbocycles. The number of aromatic nitrogens is 1. The molecule has 1 aromatic heterocycles. The van der Waals surface area contributed by atoms with Gasteiger partial charge in [-0.3, -0.25) is 4.99 Å². The lowest BCUT2D eigenvalue weighted by Crippen LogP contribution is -2.38. The Balaban J connectivity index is 0.00000312. The van der Waals surface area contributed by atoms with Crippen LogP contribution in [0.25, 0.3) is 0 Å². The van der Waals surface area contributed by atoms with Crippen LogP contribution in [0.2, 0.25) is 0 Å². The number of rotatable bonds is 7. The van der Waals surface area contributed by atoms with Gasteiger partial charge in [0.25, 0.3) is 0 Å². The van der Waals surface area contributed by atoms with E-state index in [4.69, 9.17) is 4.74 Å². The molecule has 0 saturated heterocycles. The number of pyridine rings is 1. The lowest BCUT2D eigenvalue weighted by Gasteiger charge is -2.15. The van der Waals surface area contributed by atoms with Gasteiger partial charge in [0.1, 0.15) is 6.61 Å². The third kappa shape index (κ3) is 7.72. The molecule has 1 heterocycles. The molecule has 0 spiro atoms. The second-order valence-corrected chi connectivity index (χ2v) is 5.94. The van der Waals surface area contributed by atoms with Crippen molar-refractivity contribution in [1.82, 2.24) is 15.6 Å². The van der Waals surface area contributed by atoms with Gasteiger partial charge >= 0.3 is 0 Å². The van der Waals surface area contributed by atoms with Crippen molar-refractivity contribution in [1.29, 1.82) is 0 Å². The molecular weight excluding hydrogens is 427 g/mol. The van der Waals surface area contributed by atoms with Gasteiger partial charge in [0.15, 0.2) is 5.96 Å². The summed E-state index contributed by atoms with van der Waals surface area (Å²) in [4.78, 5) is 8.58. The molecule has 0 bridgehead atoms. The number of nitrogens with one attached hydrogen (secondary N) is 2. The van der Waals surface area contributed by atoms with Gasteiger partial charge in [-0.05, 0) is 17.5 Å². The number of halogens is 1. The Bertz CT molecular complexity index is 647. The molecule has 0 fully saturated rings. The van der Waals surface area contributed by atoms with Gasteiger partial charge < -0.3 is 15.4 Å². The van der Waals surface area contributed by atoms with Crippen molar-refractivity contribution in [3.8, 4) is 5.88 Å². The summed E-state index contributed by atoms with van der Waals surface area (Å²) in [6, 6.07) is 14.0. The summed E-state index contributed by atoms with van der Waals surface area (Å²) in [5.41, 5.74) is 2.12. The standard InChI is InChI=1S/C19H26N4O.HI/c1-15(2)12-22-19(20-3)23-13-17-10-7-11-21-18(17)24-14-16-8-5-4-6-9-16;/h4-11,15H,12-14H2,1-3H3,(H2,20,22,23);1H. The number of guanidine groups is 1. The first-order valence-electron chi connectivity index (χ1n) is 8.24.